The van der Waals surface area contributed by atoms with Crippen molar-refractivity contribution in [3.63, 3.8) is 0 Å². The van der Waals surface area contributed by atoms with Crippen LogP contribution in [0.3, 0.4) is 0 Å². The van der Waals surface area contributed by atoms with E-state index in [-0.39, 0.29) is 33.1 Å². The zero-order valence-corrected chi connectivity index (χ0v) is 56.6. The summed E-state index contributed by atoms with van der Waals surface area (Å²) in [5.41, 5.74) is 7.46. The molecule has 0 aromatic heterocycles. The van der Waals surface area contributed by atoms with E-state index < -0.39 is 0 Å². The molecule has 4 rings (SSSR count). The Morgan fingerprint density at radius 1 is 0.325 bits per heavy atom. The van der Waals surface area contributed by atoms with Gasteiger partial charge in [0.2, 0.25) is 0 Å². The lowest BCUT2D eigenvalue weighted by Crippen LogP contribution is -2.25. The van der Waals surface area contributed by atoms with Gasteiger partial charge in [0.1, 0.15) is 0 Å². The third kappa shape index (κ3) is 67.0. The fourth-order valence-corrected chi connectivity index (χ4v) is 5.29. The van der Waals surface area contributed by atoms with Crippen LogP contribution >= 0.6 is 0 Å². The van der Waals surface area contributed by atoms with Gasteiger partial charge in [-0.25, -0.2) is 0 Å². The minimum absolute atomic E-state index is 0. The predicted molar refractivity (Wildman–Crippen MR) is 369 cm³/mol. The molecular formula is C76H148O. The zero-order valence-electron chi connectivity index (χ0n) is 56.6. The van der Waals surface area contributed by atoms with Gasteiger partial charge in [0, 0.05) is 10.8 Å². The van der Waals surface area contributed by atoms with Crippen LogP contribution in [-0.2, 0) is 15.6 Å². The first-order valence-corrected chi connectivity index (χ1v) is 29.8. The summed E-state index contributed by atoms with van der Waals surface area (Å²) in [6, 6.07) is 43.0. The molecule has 0 fully saturated rings. The SMILES string of the molecule is C.C.C.CC.CC.CC(C)(C)C.CC(C)(C)COCC(C)(C)C.CC(C)(c1ccccc1)c1ccccc1.CC(C)C.CC(C)C(C)C.CCC.CCC.CCC(C)(C)C.CCC(CC)(c1ccccc1)c1ccccc1. The van der Waals surface area contributed by atoms with Gasteiger partial charge in [-0.3, -0.25) is 0 Å². The largest absolute Gasteiger partial charge is 0.380 e. The molecule has 1 nitrogen and oxygen atoms in total. The quantitative estimate of drug-likeness (QED) is 0.162. The van der Waals surface area contributed by atoms with E-state index in [4.69, 9.17) is 4.74 Å². The van der Waals surface area contributed by atoms with Gasteiger partial charge in [0.25, 0.3) is 0 Å². The summed E-state index contributed by atoms with van der Waals surface area (Å²) >= 11 is 0. The van der Waals surface area contributed by atoms with Crippen LogP contribution in [0.2, 0.25) is 0 Å². The van der Waals surface area contributed by atoms with E-state index in [1.807, 2.05) is 27.7 Å². The molecule has 0 heterocycles. The van der Waals surface area contributed by atoms with Crippen molar-refractivity contribution in [3.05, 3.63) is 144 Å². The maximum absolute atomic E-state index is 5.56. The molecule has 0 radical (unpaired) electrons. The van der Waals surface area contributed by atoms with Gasteiger partial charge < -0.3 is 4.74 Å². The molecule has 0 saturated carbocycles. The van der Waals surface area contributed by atoms with Gasteiger partial charge in [0.05, 0.1) is 13.2 Å². The Bertz CT molecular complexity index is 1520. The van der Waals surface area contributed by atoms with Gasteiger partial charge >= 0.3 is 0 Å². The van der Waals surface area contributed by atoms with E-state index in [0.717, 1.165) is 43.8 Å². The van der Waals surface area contributed by atoms with E-state index in [1.54, 1.807) is 0 Å². The Kier molecular flexibility index (Phi) is 70.1. The summed E-state index contributed by atoms with van der Waals surface area (Å²) in [5, 5.41) is 0. The maximum atomic E-state index is 5.56. The number of hydrogen-bond donors (Lipinski definition) is 0. The van der Waals surface area contributed by atoms with Gasteiger partial charge in [-0.1, -0.05) is 391 Å². The highest BCUT2D eigenvalue weighted by Crippen LogP contribution is 2.38. The number of hydrogen-bond acceptors (Lipinski definition) is 1. The molecule has 0 aliphatic heterocycles. The zero-order chi connectivity index (χ0) is 59.8. The number of benzene rings is 4. The van der Waals surface area contributed by atoms with Crippen molar-refractivity contribution < 1.29 is 4.74 Å². The Morgan fingerprint density at radius 2 is 0.494 bits per heavy atom. The second kappa shape index (κ2) is 56.1. The number of ether oxygens (including phenoxy) is 1. The Morgan fingerprint density at radius 3 is 0.623 bits per heavy atom. The summed E-state index contributed by atoms with van der Waals surface area (Å²) in [6.45, 7) is 73.6. The summed E-state index contributed by atoms with van der Waals surface area (Å²) < 4.78 is 5.56. The van der Waals surface area contributed by atoms with Gasteiger partial charge in [0.15, 0.2) is 0 Å². The summed E-state index contributed by atoms with van der Waals surface area (Å²) in [4.78, 5) is 0. The highest BCUT2D eigenvalue weighted by Gasteiger charge is 2.30. The summed E-state index contributed by atoms with van der Waals surface area (Å²) in [5.74, 6) is 2.54. The molecule has 458 valence electrons. The Balaban J connectivity index is -0.0000000861. The normalized spacial score (nSPS) is 10.3. The molecule has 0 spiro atoms. The molecule has 0 atom stereocenters. The second-order valence-electron chi connectivity index (χ2n) is 26.0. The van der Waals surface area contributed by atoms with Crippen molar-refractivity contribution in [2.45, 2.75) is 294 Å². The van der Waals surface area contributed by atoms with Crippen molar-refractivity contribution in [2.75, 3.05) is 13.2 Å². The first-order valence-electron chi connectivity index (χ1n) is 29.8. The highest BCUT2D eigenvalue weighted by molar-refractivity contribution is 5.39. The first kappa shape index (κ1) is 96.1. The van der Waals surface area contributed by atoms with E-state index in [9.17, 15) is 0 Å². The average molecular weight is 1080 g/mol. The standard InChI is InChI=1S/C17H20.C15H16.C10H22O.2C6H14.C5H12.C4H10.2C3H8.2C2H6.3CH4/c1-3-17(4-2,15-11-7-5-8-12-15)16-13-9-6-10-14-16;1-15(2,13-9-5-3-6-10-13)14-11-7-4-8-12-14;1-9(2,3)7-11-8-10(4,5)6;1-5-6(2,3)4;1-5(2)6(3)4;1-5(2,3)4;1-4(2)3;2*1-3-2;2*1-2;;;/h5-14H,3-4H2,1-2H3;3-12H,1-2H3;7-8H2,1-6H3;5H2,1-4H3;5-6H,1-4H3;1-4H3;4H,1-3H3;2*3H2,1-2H3;2*1-2H3;3*1H4. The molecule has 4 aromatic carbocycles. The van der Waals surface area contributed by atoms with Crippen molar-refractivity contribution in [2.24, 2.45) is 39.4 Å². The van der Waals surface area contributed by atoms with Crippen LogP contribution < -0.4 is 0 Å². The molecule has 4 aromatic rings. The van der Waals surface area contributed by atoms with Crippen LogP contribution in [0.15, 0.2) is 121 Å². The molecule has 0 amide bonds. The monoisotopic (exact) mass is 1080 g/mol. The summed E-state index contributed by atoms with van der Waals surface area (Å²) in [7, 11) is 0. The molecular weight excluding hydrogens is 929 g/mol. The first-order chi connectivity index (χ1) is 34.0. The van der Waals surface area contributed by atoms with Crippen LogP contribution in [0.25, 0.3) is 0 Å². The highest BCUT2D eigenvalue weighted by atomic mass is 16.5. The molecule has 0 bridgehead atoms. The Hall–Kier alpha value is -3.16. The van der Waals surface area contributed by atoms with Gasteiger partial charge in [-0.05, 0) is 74.5 Å². The van der Waals surface area contributed by atoms with Crippen LogP contribution in [0.1, 0.15) is 305 Å². The second-order valence-corrected chi connectivity index (χ2v) is 26.0. The fourth-order valence-electron chi connectivity index (χ4n) is 5.29. The van der Waals surface area contributed by atoms with Crippen molar-refractivity contribution in [3.8, 4) is 0 Å². The molecule has 1 heteroatoms. The van der Waals surface area contributed by atoms with Crippen LogP contribution in [0.5, 0.6) is 0 Å². The fraction of sp³-hybridized carbons (Fsp3) is 0.684. The van der Waals surface area contributed by atoms with Crippen molar-refractivity contribution >= 4 is 0 Å². The summed E-state index contributed by atoms with van der Waals surface area (Å²) in [6.07, 6.45) is 6.04. The smallest absolute Gasteiger partial charge is 0.0514 e. The minimum atomic E-state index is 0. The van der Waals surface area contributed by atoms with Crippen molar-refractivity contribution in [1.82, 2.24) is 0 Å². The predicted octanol–water partition coefficient (Wildman–Crippen LogP) is 27.1. The number of rotatable bonds is 9. The third-order valence-electron chi connectivity index (χ3n) is 10.3. The minimum Gasteiger partial charge on any atom is -0.380 e. The van der Waals surface area contributed by atoms with Gasteiger partial charge in [-0.2, -0.15) is 0 Å². The third-order valence-corrected chi connectivity index (χ3v) is 10.3. The van der Waals surface area contributed by atoms with E-state index in [2.05, 4.69) is 322 Å². The molecule has 0 aliphatic carbocycles. The topological polar surface area (TPSA) is 9.23 Å². The van der Waals surface area contributed by atoms with E-state index in [1.165, 1.54) is 41.5 Å². The molecule has 0 N–H and O–H groups in total. The average Bonchev–Trinajstić information content (AvgIpc) is 3.32. The molecule has 0 aliphatic rings. The molecule has 0 saturated heterocycles. The lowest BCUT2D eigenvalue weighted by Gasteiger charge is -2.33. The Labute approximate surface area is 492 Å². The van der Waals surface area contributed by atoms with E-state index >= 15 is 0 Å². The van der Waals surface area contributed by atoms with Crippen LogP contribution in [-0.4, -0.2) is 13.2 Å². The maximum Gasteiger partial charge on any atom is 0.0514 e. The molecule has 77 heavy (non-hydrogen) atoms. The van der Waals surface area contributed by atoms with Gasteiger partial charge in [-0.15, -0.1) is 0 Å². The van der Waals surface area contributed by atoms with E-state index in [0.29, 0.717) is 21.7 Å². The van der Waals surface area contributed by atoms with Crippen LogP contribution in [0, 0.1) is 39.4 Å². The van der Waals surface area contributed by atoms with Crippen LogP contribution in [0.4, 0.5) is 0 Å². The molecule has 0 unspecified atom stereocenters. The lowest BCUT2D eigenvalue weighted by molar-refractivity contribution is 0.0275. The lowest BCUT2D eigenvalue weighted by atomic mass is 9.71. The van der Waals surface area contributed by atoms with Crippen molar-refractivity contribution in [1.29, 1.82) is 0 Å².